The number of aromatic nitrogens is 2. The van der Waals surface area contributed by atoms with E-state index in [0.29, 0.717) is 32.0 Å². The van der Waals surface area contributed by atoms with E-state index in [1.807, 2.05) is 4.90 Å². The number of carbonyl (C=O) groups is 2. The number of carboxylic acid groups (broad SMARTS) is 1. The molecule has 9 nitrogen and oxygen atoms in total. The Balaban J connectivity index is 1.77. The third-order valence-corrected chi connectivity index (χ3v) is 3.04. The van der Waals surface area contributed by atoms with E-state index >= 15 is 0 Å². The predicted octanol–water partition coefficient (Wildman–Crippen LogP) is -0.628. The lowest BCUT2D eigenvalue weighted by Crippen LogP contribution is -2.42. The zero-order valence-corrected chi connectivity index (χ0v) is 11.0. The Morgan fingerprint density at radius 2 is 2.20 bits per heavy atom. The molecule has 2 rings (SSSR count). The van der Waals surface area contributed by atoms with Crippen molar-refractivity contribution in [1.29, 1.82) is 0 Å². The Kier molecular flexibility index (Phi) is 4.88. The summed E-state index contributed by atoms with van der Waals surface area (Å²) in [5.74, 6) is -0.430. The molecule has 1 aromatic rings. The van der Waals surface area contributed by atoms with Gasteiger partial charge in [-0.05, 0) is 6.42 Å². The van der Waals surface area contributed by atoms with Gasteiger partial charge in [0.15, 0.2) is 5.82 Å². The summed E-state index contributed by atoms with van der Waals surface area (Å²) in [5, 5.41) is 15.1. The maximum atomic E-state index is 12.0. The molecule has 1 aliphatic rings. The fourth-order valence-electron chi connectivity index (χ4n) is 2.06. The number of nitrogens with one attached hydrogen (secondary N) is 1. The molecular weight excluding hydrogens is 266 g/mol. The number of nitrogens with zero attached hydrogens (tertiary/aromatic N) is 4. The highest BCUT2D eigenvalue weighted by Crippen LogP contribution is 2.03. The second kappa shape index (κ2) is 6.85. The zero-order chi connectivity index (χ0) is 14.4. The van der Waals surface area contributed by atoms with E-state index in [-0.39, 0.29) is 19.1 Å². The van der Waals surface area contributed by atoms with Crippen LogP contribution in [0.2, 0.25) is 0 Å². The lowest BCUT2D eigenvalue weighted by atomic mass is 10.4. The first kappa shape index (κ1) is 14.3. The maximum absolute atomic E-state index is 12.0. The van der Waals surface area contributed by atoms with E-state index < -0.39 is 5.97 Å². The summed E-state index contributed by atoms with van der Waals surface area (Å²) in [6, 6.07) is -0.202. The number of rotatable bonds is 4. The van der Waals surface area contributed by atoms with Crippen LogP contribution in [-0.2, 0) is 11.3 Å². The van der Waals surface area contributed by atoms with Crippen LogP contribution in [-0.4, -0.2) is 69.8 Å². The number of hydrogen-bond acceptors (Lipinski definition) is 6. The highest BCUT2D eigenvalue weighted by molar-refractivity contribution is 5.74. The van der Waals surface area contributed by atoms with Crippen molar-refractivity contribution in [2.24, 2.45) is 0 Å². The third-order valence-electron chi connectivity index (χ3n) is 3.04. The Bertz CT molecular complexity index is 450. The minimum atomic E-state index is -0.847. The highest BCUT2D eigenvalue weighted by Gasteiger charge is 2.20. The normalized spacial score (nSPS) is 16.7. The second-order valence-electron chi connectivity index (χ2n) is 4.52. The molecule has 2 amide bonds. The third kappa shape index (κ3) is 4.19. The Hall–Kier alpha value is -2.16. The molecule has 0 aromatic carbocycles. The van der Waals surface area contributed by atoms with Gasteiger partial charge < -0.3 is 19.8 Å². The van der Waals surface area contributed by atoms with Crippen molar-refractivity contribution in [2.75, 3.05) is 32.7 Å². The summed E-state index contributed by atoms with van der Waals surface area (Å²) >= 11 is 0. The van der Waals surface area contributed by atoms with Crippen LogP contribution >= 0.6 is 0 Å². The predicted molar refractivity (Wildman–Crippen MR) is 66.8 cm³/mol. The summed E-state index contributed by atoms with van der Waals surface area (Å²) in [7, 11) is 0. The van der Waals surface area contributed by atoms with Crippen LogP contribution in [0.15, 0.2) is 10.9 Å². The molecule has 1 fully saturated rings. The topological polar surface area (TPSA) is 112 Å². The van der Waals surface area contributed by atoms with E-state index in [9.17, 15) is 9.59 Å². The van der Waals surface area contributed by atoms with Crippen LogP contribution in [0, 0.1) is 0 Å². The zero-order valence-electron chi connectivity index (χ0n) is 11.0. The summed E-state index contributed by atoms with van der Waals surface area (Å²) < 4.78 is 4.58. The number of hydrogen-bond donors (Lipinski definition) is 2. The molecule has 20 heavy (non-hydrogen) atoms. The van der Waals surface area contributed by atoms with Crippen molar-refractivity contribution < 1.29 is 19.2 Å². The molecule has 0 bridgehead atoms. The summed E-state index contributed by atoms with van der Waals surface area (Å²) in [6.07, 6.45) is 1.96. The van der Waals surface area contributed by atoms with Gasteiger partial charge in [-0.3, -0.25) is 9.69 Å². The number of urea groups is 1. The van der Waals surface area contributed by atoms with Gasteiger partial charge in [0.2, 0.25) is 6.39 Å². The molecule has 2 heterocycles. The Morgan fingerprint density at radius 1 is 1.35 bits per heavy atom. The smallest absolute Gasteiger partial charge is 0.317 e. The fourth-order valence-corrected chi connectivity index (χ4v) is 2.06. The van der Waals surface area contributed by atoms with E-state index in [1.54, 1.807) is 4.90 Å². The van der Waals surface area contributed by atoms with E-state index in [4.69, 9.17) is 5.11 Å². The number of amides is 2. The van der Waals surface area contributed by atoms with Gasteiger partial charge in [-0.25, -0.2) is 4.79 Å². The average Bonchev–Trinajstić information content (AvgIpc) is 2.82. The van der Waals surface area contributed by atoms with Crippen molar-refractivity contribution >= 4 is 12.0 Å². The molecule has 1 saturated heterocycles. The van der Waals surface area contributed by atoms with Crippen molar-refractivity contribution in [3.05, 3.63) is 12.2 Å². The molecule has 1 aliphatic heterocycles. The molecule has 0 aliphatic carbocycles. The first-order valence-electron chi connectivity index (χ1n) is 6.37. The average molecular weight is 283 g/mol. The molecule has 0 atom stereocenters. The minimum absolute atomic E-state index is 0.0122. The van der Waals surface area contributed by atoms with Gasteiger partial charge in [-0.1, -0.05) is 5.16 Å². The molecule has 9 heteroatoms. The first-order chi connectivity index (χ1) is 9.65. The van der Waals surface area contributed by atoms with Gasteiger partial charge in [0.1, 0.15) is 0 Å². The van der Waals surface area contributed by atoms with Crippen molar-refractivity contribution in [1.82, 2.24) is 25.3 Å². The van der Waals surface area contributed by atoms with Crippen LogP contribution in [0.3, 0.4) is 0 Å². The van der Waals surface area contributed by atoms with Crippen LogP contribution in [0.1, 0.15) is 12.2 Å². The van der Waals surface area contributed by atoms with Crippen molar-refractivity contribution in [3.63, 3.8) is 0 Å². The van der Waals surface area contributed by atoms with Gasteiger partial charge >= 0.3 is 12.0 Å². The Labute approximate surface area is 115 Å². The van der Waals surface area contributed by atoms with E-state index in [1.165, 1.54) is 6.39 Å². The molecule has 1 aromatic heterocycles. The van der Waals surface area contributed by atoms with Crippen LogP contribution in [0.4, 0.5) is 4.79 Å². The van der Waals surface area contributed by atoms with Gasteiger partial charge in [-0.15, -0.1) is 0 Å². The highest BCUT2D eigenvalue weighted by atomic mass is 16.5. The summed E-state index contributed by atoms with van der Waals surface area (Å²) in [4.78, 5) is 29.9. The van der Waals surface area contributed by atoms with Gasteiger partial charge in [0.05, 0.1) is 13.1 Å². The molecular formula is C11H17N5O4. The maximum Gasteiger partial charge on any atom is 0.317 e. The Morgan fingerprint density at radius 3 is 2.90 bits per heavy atom. The largest absolute Gasteiger partial charge is 0.480 e. The molecule has 0 unspecified atom stereocenters. The molecule has 2 N–H and O–H groups in total. The van der Waals surface area contributed by atoms with Gasteiger partial charge in [0, 0.05) is 26.2 Å². The van der Waals surface area contributed by atoms with E-state index in [2.05, 4.69) is 20.0 Å². The van der Waals surface area contributed by atoms with Gasteiger partial charge in [0.25, 0.3) is 0 Å². The van der Waals surface area contributed by atoms with Crippen molar-refractivity contribution in [2.45, 2.75) is 13.0 Å². The molecule has 0 saturated carbocycles. The summed E-state index contributed by atoms with van der Waals surface area (Å²) in [6.45, 7) is 2.57. The number of aliphatic carboxylic acids is 1. The quantitative estimate of drug-likeness (QED) is 0.756. The monoisotopic (exact) mass is 283 g/mol. The summed E-state index contributed by atoms with van der Waals surface area (Å²) in [5.41, 5.74) is 0. The first-order valence-corrected chi connectivity index (χ1v) is 6.37. The number of carboxylic acids is 1. The number of carbonyl (C=O) groups excluding carboxylic acids is 1. The second-order valence-corrected chi connectivity index (χ2v) is 4.52. The van der Waals surface area contributed by atoms with Crippen LogP contribution in [0.25, 0.3) is 0 Å². The van der Waals surface area contributed by atoms with Crippen LogP contribution < -0.4 is 5.32 Å². The van der Waals surface area contributed by atoms with Crippen molar-refractivity contribution in [3.8, 4) is 0 Å². The van der Waals surface area contributed by atoms with Gasteiger partial charge in [-0.2, -0.15) is 4.98 Å². The molecule has 0 spiro atoms. The SMILES string of the molecule is O=C(O)CN1CCCN(C(=O)NCc2ncon2)CC1. The minimum Gasteiger partial charge on any atom is -0.480 e. The van der Waals surface area contributed by atoms with E-state index in [0.717, 1.165) is 6.42 Å². The standard InChI is InChI=1S/C11H17N5O4/c17-10(18)7-15-2-1-3-16(5-4-15)11(19)12-6-9-13-8-20-14-9/h8H,1-7H2,(H,12,19)(H,17,18). The lowest BCUT2D eigenvalue weighted by molar-refractivity contribution is -0.138. The van der Waals surface area contributed by atoms with Crippen LogP contribution in [0.5, 0.6) is 0 Å². The fraction of sp³-hybridized carbons (Fsp3) is 0.636. The molecule has 110 valence electrons. The lowest BCUT2D eigenvalue weighted by Gasteiger charge is -2.21. The molecule has 0 radical (unpaired) electrons.